The van der Waals surface area contributed by atoms with Crippen LogP contribution in [0, 0.1) is 17.8 Å². The van der Waals surface area contributed by atoms with E-state index in [4.69, 9.17) is 25.8 Å². The molecule has 3 atom stereocenters. The number of β-lactam (4-membered cyclic amide) rings is 1. The molecule has 0 bridgehead atoms. The number of amides is 2. The van der Waals surface area contributed by atoms with E-state index in [0.717, 1.165) is 16.5 Å². The molecule has 2 aliphatic heterocycles. The van der Waals surface area contributed by atoms with Gasteiger partial charge in [-0.3, -0.25) is 19.2 Å². The van der Waals surface area contributed by atoms with Gasteiger partial charge in [0.25, 0.3) is 5.91 Å². The maximum Gasteiger partial charge on any atom is 0.318 e. The first-order valence-corrected chi connectivity index (χ1v) is 17.0. The third-order valence-corrected chi connectivity index (χ3v) is 10.7. The molecule has 2 aromatic rings. The van der Waals surface area contributed by atoms with Crippen molar-refractivity contribution in [3.63, 3.8) is 0 Å². The van der Waals surface area contributed by atoms with E-state index < -0.39 is 52.8 Å². The minimum atomic E-state index is -1.14. The largest absolute Gasteiger partial charge is 0.427 e. The van der Waals surface area contributed by atoms with Crippen LogP contribution >= 0.6 is 58.8 Å². The van der Waals surface area contributed by atoms with Gasteiger partial charge in [-0.05, 0) is 40.7 Å². The van der Waals surface area contributed by atoms with E-state index in [2.05, 4.69) is 30.0 Å². The van der Waals surface area contributed by atoms with Gasteiger partial charge in [-0.25, -0.2) is 0 Å². The Balaban J connectivity index is 0.00000552. The van der Waals surface area contributed by atoms with Gasteiger partial charge in [0.2, 0.25) is 24.2 Å². The van der Waals surface area contributed by atoms with Crippen LogP contribution in [0.4, 0.5) is 5.13 Å². The molecule has 5 N–H and O–H groups in total. The monoisotopic (exact) mass is 723 g/mol. The molecular formula is C24H34ClN9O7S4. The first-order chi connectivity index (χ1) is 20.8. The van der Waals surface area contributed by atoms with Gasteiger partial charge >= 0.3 is 11.9 Å². The second kappa shape index (κ2) is 15.7. The van der Waals surface area contributed by atoms with Crippen LogP contribution in [0.5, 0.6) is 0 Å². The number of carbonyl (C=O) groups excluding carboxylic acids is 4. The number of thioether (sulfide) groups is 2. The highest BCUT2D eigenvalue weighted by Crippen LogP contribution is 2.45. The Kier molecular flexibility index (Phi) is 12.8. The summed E-state index contributed by atoms with van der Waals surface area (Å²) in [7, 11) is 0. The molecule has 2 saturated heterocycles. The van der Waals surface area contributed by atoms with E-state index in [0.29, 0.717) is 17.3 Å². The van der Waals surface area contributed by atoms with E-state index in [1.54, 1.807) is 20.8 Å². The summed E-state index contributed by atoms with van der Waals surface area (Å²) in [4.78, 5) is 62.9. The van der Waals surface area contributed by atoms with Crippen LogP contribution in [0.1, 0.15) is 38.0 Å². The molecule has 16 nitrogen and oxygen atoms in total. The van der Waals surface area contributed by atoms with Gasteiger partial charge in [0, 0.05) is 29.6 Å². The normalized spacial score (nSPS) is 21.2. The zero-order valence-corrected chi connectivity index (χ0v) is 28.9. The molecule has 4 heterocycles. The van der Waals surface area contributed by atoms with E-state index in [-0.39, 0.29) is 53.7 Å². The molecule has 0 aliphatic carbocycles. The van der Waals surface area contributed by atoms with Crippen molar-refractivity contribution in [1.82, 2.24) is 29.8 Å². The Morgan fingerprint density at radius 3 is 2.62 bits per heavy atom. The number of nitrogens with one attached hydrogen (secondary N) is 1. The van der Waals surface area contributed by atoms with E-state index in [1.165, 1.54) is 39.8 Å². The third-order valence-electron chi connectivity index (χ3n) is 6.30. The fourth-order valence-corrected chi connectivity index (χ4v) is 8.02. The van der Waals surface area contributed by atoms with Gasteiger partial charge in [0.15, 0.2) is 9.47 Å². The van der Waals surface area contributed by atoms with Crippen LogP contribution in [0.25, 0.3) is 0 Å². The molecular weight excluding hydrogens is 690 g/mol. The van der Waals surface area contributed by atoms with Crippen molar-refractivity contribution in [1.29, 1.82) is 0 Å². The number of aryl methyl sites for hydroxylation is 1. The summed E-state index contributed by atoms with van der Waals surface area (Å²) >= 11 is 4.92. The standard InChI is InChI=1S/C24H33N9O7S4.ClH/c1-12-29-30-22(43-12)42-10-24(20(37)39-11-38-19(36)23(2,3)4)8-33-17(35)14(18(33)41-9-24)27-16(34)13(31-40-7-5-6-25)15-28-21(26)44-32-15;/h14,18H,5-11,25H2,1-4H3,(H,27,34)(H2,26,28,32);1H/t14?,18-,24?;/m1./s1. The summed E-state index contributed by atoms with van der Waals surface area (Å²) in [5.74, 6) is -1.77. The maximum absolute atomic E-state index is 13.5. The van der Waals surface area contributed by atoms with Crippen LogP contribution in [0.15, 0.2) is 9.50 Å². The van der Waals surface area contributed by atoms with Crippen LogP contribution < -0.4 is 16.8 Å². The first kappa shape index (κ1) is 36.7. The number of esters is 2. The molecule has 248 valence electrons. The molecule has 0 saturated carbocycles. The van der Waals surface area contributed by atoms with Crippen molar-refractivity contribution >= 4 is 93.4 Å². The Morgan fingerprint density at radius 2 is 2.00 bits per heavy atom. The van der Waals surface area contributed by atoms with Crippen molar-refractivity contribution in [3.05, 3.63) is 10.8 Å². The minimum Gasteiger partial charge on any atom is -0.427 e. The SMILES string of the molecule is Cc1nnc(SCC2(C(=O)OCOC(=O)C(C)(C)C)CS[C@@H]3C(NC(=O)C(=NOCCCN)c4nsc(N)n4)C(=O)N3C2)s1.Cl. The Hall–Kier alpha value is -2.78. The molecule has 0 spiro atoms. The highest BCUT2D eigenvalue weighted by Gasteiger charge is 2.58. The fourth-order valence-electron chi connectivity index (χ4n) is 3.92. The van der Waals surface area contributed by atoms with E-state index in [1.807, 2.05) is 6.92 Å². The van der Waals surface area contributed by atoms with E-state index >= 15 is 0 Å². The Labute approximate surface area is 281 Å². The predicted molar refractivity (Wildman–Crippen MR) is 172 cm³/mol. The lowest BCUT2D eigenvalue weighted by Crippen LogP contribution is -2.74. The zero-order valence-electron chi connectivity index (χ0n) is 24.8. The highest BCUT2D eigenvalue weighted by molar-refractivity contribution is 8.01. The summed E-state index contributed by atoms with van der Waals surface area (Å²) in [6, 6.07) is -0.891. The molecule has 2 fully saturated rings. The van der Waals surface area contributed by atoms with Crippen LogP contribution in [-0.2, 0) is 33.5 Å². The Morgan fingerprint density at radius 1 is 1.24 bits per heavy atom. The average Bonchev–Trinajstić information content (AvgIpc) is 3.61. The lowest BCUT2D eigenvalue weighted by atomic mass is 9.89. The number of nitrogen functional groups attached to an aromatic ring is 1. The predicted octanol–water partition coefficient (Wildman–Crippen LogP) is 1.04. The van der Waals surface area contributed by atoms with Crippen molar-refractivity contribution in [2.45, 2.75) is 49.9 Å². The summed E-state index contributed by atoms with van der Waals surface area (Å²) in [6.45, 7) is 6.91. The molecule has 2 amide bonds. The molecule has 0 aromatic carbocycles. The van der Waals surface area contributed by atoms with Gasteiger partial charge in [0.05, 0.1) is 5.41 Å². The molecule has 2 unspecified atom stereocenters. The number of hydrogen-bond donors (Lipinski definition) is 3. The Bertz CT molecular complexity index is 1420. The van der Waals surface area contributed by atoms with Gasteiger partial charge in [0.1, 0.15) is 28.4 Å². The number of ether oxygens (including phenoxy) is 2. The quantitative estimate of drug-likeness (QED) is 0.0499. The number of anilines is 1. The summed E-state index contributed by atoms with van der Waals surface area (Å²) in [5, 5.41) is 15.2. The van der Waals surface area contributed by atoms with Gasteiger partial charge in [-0.2, -0.15) is 9.36 Å². The minimum absolute atomic E-state index is 0. The third kappa shape index (κ3) is 8.94. The number of carbonyl (C=O) groups is 4. The van der Waals surface area contributed by atoms with Crippen LogP contribution in [0.3, 0.4) is 0 Å². The molecule has 2 aromatic heterocycles. The second-order valence-electron chi connectivity index (χ2n) is 10.9. The number of nitrogens with zero attached hydrogens (tertiary/aromatic N) is 6. The van der Waals surface area contributed by atoms with Crippen molar-refractivity contribution in [2.24, 2.45) is 21.7 Å². The number of rotatable bonds is 13. The second-order valence-corrected chi connectivity index (χ2v) is 15.2. The number of halogens is 1. The zero-order chi connectivity index (χ0) is 32.1. The number of fused-ring (bicyclic) bond motifs is 1. The van der Waals surface area contributed by atoms with E-state index in [9.17, 15) is 19.2 Å². The lowest BCUT2D eigenvalue weighted by Gasteiger charge is -2.54. The first-order valence-electron chi connectivity index (χ1n) is 13.3. The van der Waals surface area contributed by atoms with Crippen LogP contribution in [-0.4, -0.2) is 103 Å². The molecule has 0 radical (unpaired) electrons. The van der Waals surface area contributed by atoms with Crippen molar-refractivity contribution in [3.8, 4) is 0 Å². The molecule has 2 aliphatic rings. The number of nitrogens with two attached hydrogens (primary N) is 2. The molecule has 45 heavy (non-hydrogen) atoms. The maximum atomic E-state index is 13.5. The van der Waals surface area contributed by atoms with Gasteiger partial charge < -0.3 is 36.0 Å². The summed E-state index contributed by atoms with van der Waals surface area (Å²) < 4.78 is 15.2. The number of oxime groups is 1. The average molecular weight is 724 g/mol. The smallest absolute Gasteiger partial charge is 0.318 e. The van der Waals surface area contributed by atoms with Gasteiger partial charge in [-0.1, -0.05) is 28.3 Å². The van der Waals surface area contributed by atoms with Gasteiger partial charge in [-0.15, -0.1) is 34.4 Å². The topological polar surface area (TPSA) is 227 Å². The summed E-state index contributed by atoms with van der Waals surface area (Å²) in [5.41, 5.74) is 9.03. The number of aromatic nitrogens is 4. The molecule has 21 heteroatoms. The van der Waals surface area contributed by atoms with Crippen molar-refractivity contribution < 1.29 is 33.5 Å². The number of hydrogen-bond acceptors (Lipinski definition) is 18. The molecule has 4 rings (SSSR count). The fraction of sp³-hybridized carbons (Fsp3) is 0.625. The van der Waals surface area contributed by atoms with Crippen LogP contribution in [0.2, 0.25) is 0 Å². The summed E-state index contributed by atoms with van der Waals surface area (Å²) in [6.07, 6.45) is 0.514. The lowest BCUT2D eigenvalue weighted by molar-refractivity contribution is -0.180. The van der Waals surface area contributed by atoms with Crippen molar-refractivity contribution in [2.75, 3.05) is 43.7 Å². The highest BCUT2D eigenvalue weighted by atomic mass is 35.5.